The highest BCUT2D eigenvalue weighted by Crippen LogP contribution is 2.24. The molecule has 5 heteroatoms. The first-order valence-electron chi connectivity index (χ1n) is 5.56. The average molecular weight is 328 g/mol. The van der Waals surface area contributed by atoms with E-state index >= 15 is 0 Å². The number of ketones is 1. The van der Waals surface area contributed by atoms with E-state index in [1.807, 2.05) is 19.9 Å². The summed E-state index contributed by atoms with van der Waals surface area (Å²) in [6.45, 7) is 4.51. The molecule has 0 unspecified atom stereocenters. The predicted octanol–water partition coefficient (Wildman–Crippen LogP) is 3.86. The van der Waals surface area contributed by atoms with Gasteiger partial charge in [-0.15, -0.1) is 0 Å². The molecular weight excluding hydrogens is 316 g/mol. The maximum Gasteiger partial charge on any atom is 0.213 e. The van der Waals surface area contributed by atoms with Crippen LogP contribution in [0.2, 0.25) is 5.02 Å². The van der Waals surface area contributed by atoms with Gasteiger partial charge in [0.25, 0.3) is 0 Å². The highest BCUT2D eigenvalue weighted by atomic mass is 79.9. The van der Waals surface area contributed by atoms with Crippen LogP contribution in [0.5, 0.6) is 0 Å². The van der Waals surface area contributed by atoms with Crippen LogP contribution in [-0.2, 0) is 6.54 Å². The number of halogens is 2. The Morgan fingerprint density at radius 1 is 1.50 bits per heavy atom. The minimum Gasteiger partial charge on any atom is -0.287 e. The van der Waals surface area contributed by atoms with Crippen molar-refractivity contribution in [3.8, 4) is 0 Å². The standard InChI is InChI=1S/C13H12BrClN2O/c1-3-17-12(10(14)7-16-17)13(18)9-5-4-8(2)6-11(9)15/h4-7H,3H2,1-2H3. The number of nitrogens with zero attached hydrogens (tertiary/aromatic N) is 2. The van der Waals surface area contributed by atoms with Crippen LogP contribution in [0.15, 0.2) is 28.9 Å². The van der Waals surface area contributed by atoms with E-state index in [4.69, 9.17) is 11.6 Å². The third-order valence-electron chi connectivity index (χ3n) is 2.68. The van der Waals surface area contributed by atoms with Crippen molar-refractivity contribution in [3.05, 3.63) is 50.7 Å². The fourth-order valence-electron chi connectivity index (χ4n) is 1.76. The number of carbonyl (C=O) groups is 1. The summed E-state index contributed by atoms with van der Waals surface area (Å²) in [5.41, 5.74) is 2.06. The highest BCUT2D eigenvalue weighted by Gasteiger charge is 2.20. The van der Waals surface area contributed by atoms with Gasteiger partial charge in [-0.1, -0.05) is 17.7 Å². The van der Waals surface area contributed by atoms with E-state index in [2.05, 4.69) is 21.0 Å². The van der Waals surface area contributed by atoms with Crippen LogP contribution in [0.4, 0.5) is 0 Å². The Morgan fingerprint density at radius 2 is 2.22 bits per heavy atom. The summed E-state index contributed by atoms with van der Waals surface area (Å²) in [5, 5.41) is 4.60. The van der Waals surface area contributed by atoms with Gasteiger partial charge in [0.05, 0.1) is 15.7 Å². The van der Waals surface area contributed by atoms with Crippen molar-refractivity contribution in [2.24, 2.45) is 0 Å². The van der Waals surface area contributed by atoms with Crippen LogP contribution in [-0.4, -0.2) is 15.6 Å². The molecule has 0 radical (unpaired) electrons. The van der Waals surface area contributed by atoms with Crippen molar-refractivity contribution in [2.45, 2.75) is 20.4 Å². The third-order valence-corrected chi connectivity index (χ3v) is 3.57. The molecule has 0 amide bonds. The molecule has 0 spiro atoms. The minimum atomic E-state index is -0.119. The number of hydrogen-bond donors (Lipinski definition) is 0. The first-order valence-corrected chi connectivity index (χ1v) is 6.73. The number of benzene rings is 1. The monoisotopic (exact) mass is 326 g/mol. The van der Waals surface area contributed by atoms with Gasteiger partial charge in [0.15, 0.2) is 0 Å². The van der Waals surface area contributed by atoms with E-state index in [1.54, 1.807) is 23.0 Å². The van der Waals surface area contributed by atoms with Crippen molar-refractivity contribution < 1.29 is 4.79 Å². The van der Waals surface area contributed by atoms with Crippen LogP contribution in [0.25, 0.3) is 0 Å². The van der Waals surface area contributed by atoms with Gasteiger partial charge < -0.3 is 0 Å². The van der Waals surface area contributed by atoms with Gasteiger partial charge in [-0.2, -0.15) is 5.10 Å². The zero-order chi connectivity index (χ0) is 13.3. The summed E-state index contributed by atoms with van der Waals surface area (Å²) < 4.78 is 2.34. The second-order valence-corrected chi connectivity index (χ2v) is 5.23. The number of aryl methyl sites for hydroxylation is 2. The summed E-state index contributed by atoms with van der Waals surface area (Å²) in [6.07, 6.45) is 1.62. The highest BCUT2D eigenvalue weighted by molar-refractivity contribution is 9.10. The van der Waals surface area contributed by atoms with Crippen molar-refractivity contribution >= 4 is 33.3 Å². The molecule has 2 aromatic rings. The molecule has 0 bridgehead atoms. The first-order chi connectivity index (χ1) is 8.54. The Bertz CT molecular complexity index is 607. The molecule has 0 aliphatic heterocycles. The molecular formula is C13H12BrClN2O. The molecule has 0 aliphatic rings. The smallest absolute Gasteiger partial charge is 0.213 e. The lowest BCUT2D eigenvalue weighted by Crippen LogP contribution is -2.11. The van der Waals surface area contributed by atoms with Crippen LogP contribution in [0.3, 0.4) is 0 Å². The van der Waals surface area contributed by atoms with Gasteiger partial charge in [-0.05, 0) is 47.5 Å². The molecule has 0 N–H and O–H groups in total. The topological polar surface area (TPSA) is 34.9 Å². The summed E-state index contributed by atoms with van der Waals surface area (Å²) in [4.78, 5) is 12.5. The van der Waals surface area contributed by atoms with Crippen molar-refractivity contribution in [2.75, 3.05) is 0 Å². The third kappa shape index (κ3) is 2.35. The Labute approximate surface area is 119 Å². The molecule has 94 valence electrons. The first kappa shape index (κ1) is 13.3. The van der Waals surface area contributed by atoms with E-state index in [9.17, 15) is 4.79 Å². The number of carbonyl (C=O) groups excluding carboxylic acids is 1. The lowest BCUT2D eigenvalue weighted by molar-refractivity contribution is 0.102. The zero-order valence-corrected chi connectivity index (χ0v) is 12.4. The summed E-state index contributed by atoms with van der Waals surface area (Å²) in [5.74, 6) is -0.119. The van der Waals surface area contributed by atoms with Crippen molar-refractivity contribution in [3.63, 3.8) is 0 Å². The molecule has 1 aromatic carbocycles. The molecule has 1 heterocycles. The maximum atomic E-state index is 12.5. The Balaban J connectivity index is 2.51. The summed E-state index contributed by atoms with van der Waals surface area (Å²) in [7, 11) is 0. The van der Waals surface area contributed by atoms with Gasteiger partial charge in [0.2, 0.25) is 5.78 Å². The van der Waals surface area contributed by atoms with Gasteiger partial charge in [-0.25, -0.2) is 0 Å². The van der Waals surface area contributed by atoms with Crippen LogP contribution in [0, 0.1) is 6.92 Å². The second kappa shape index (κ2) is 5.24. The van der Waals surface area contributed by atoms with E-state index in [1.165, 1.54) is 0 Å². The van der Waals surface area contributed by atoms with E-state index in [0.29, 0.717) is 27.3 Å². The largest absolute Gasteiger partial charge is 0.287 e. The molecule has 0 aliphatic carbocycles. The van der Waals surface area contributed by atoms with Crippen LogP contribution in [0.1, 0.15) is 28.5 Å². The predicted molar refractivity (Wildman–Crippen MR) is 75.2 cm³/mol. The van der Waals surface area contributed by atoms with E-state index in [0.717, 1.165) is 5.56 Å². The van der Waals surface area contributed by atoms with Crippen molar-refractivity contribution in [1.29, 1.82) is 0 Å². The summed E-state index contributed by atoms with van der Waals surface area (Å²) in [6, 6.07) is 5.41. The molecule has 1 aromatic heterocycles. The molecule has 18 heavy (non-hydrogen) atoms. The van der Waals surface area contributed by atoms with E-state index in [-0.39, 0.29) is 5.78 Å². The maximum absolute atomic E-state index is 12.5. The fraction of sp³-hybridized carbons (Fsp3) is 0.231. The summed E-state index contributed by atoms with van der Waals surface area (Å²) >= 11 is 9.47. The van der Waals surface area contributed by atoms with Gasteiger partial charge >= 0.3 is 0 Å². The fourth-order valence-corrected chi connectivity index (χ4v) is 2.56. The number of rotatable bonds is 3. The Morgan fingerprint density at radius 3 is 2.83 bits per heavy atom. The van der Waals surface area contributed by atoms with Gasteiger partial charge in [-0.3, -0.25) is 9.48 Å². The normalized spacial score (nSPS) is 10.7. The lowest BCUT2D eigenvalue weighted by atomic mass is 10.1. The van der Waals surface area contributed by atoms with Crippen molar-refractivity contribution in [1.82, 2.24) is 9.78 Å². The molecule has 3 nitrogen and oxygen atoms in total. The number of hydrogen-bond acceptors (Lipinski definition) is 2. The Hall–Kier alpha value is -1.13. The van der Waals surface area contributed by atoms with Crippen LogP contribution < -0.4 is 0 Å². The molecule has 0 fully saturated rings. The average Bonchev–Trinajstić information content (AvgIpc) is 2.69. The van der Waals surface area contributed by atoms with E-state index < -0.39 is 0 Å². The zero-order valence-electron chi connectivity index (χ0n) is 10.1. The van der Waals surface area contributed by atoms with Crippen LogP contribution >= 0.6 is 27.5 Å². The van der Waals surface area contributed by atoms with Gasteiger partial charge in [0.1, 0.15) is 5.69 Å². The molecule has 0 atom stereocenters. The lowest BCUT2D eigenvalue weighted by Gasteiger charge is -2.07. The Kier molecular flexibility index (Phi) is 3.88. The molecule has 2 rings (SSSR count). The quantitative estimate of drug-likeness (QED) is 0.802. The SMILES string of the molecule is CCn1ncc(Br)c1C(=O)c1ccc(C)cc1Cl. The molecule has 0 saturated carbocycles. The molecule has 0 saturated heterocycles. The second-order valence-electron chi connectivity index (χ2n) is 3.97. The minimum absolute atomic E-state index is 0.119. The number of aromatic nitrogens is 2. The van der Waals surface area contributed by atoms with Gasteiger partial charge in [0, 0.05) is 12.1 Å².